The number of phosphoric acid groups is 1. The van der Waals surface area contributed by atoms with E-state index in [1.54, 1.807) is 0 Å². The highest BCUT2D eigenvalue weighted by Crippen LogP contribution is 2.43. The Morgan fingerprint density at radius 3 is 1.60 bits per heavy atom. The van der Waals surface area contributed by atoms with Crippen LogP contribution in [0.5, 0.6) is 0 Å². The predicted molar refractivity (Wildman–Crippen MR) is 199 cm³/mol. The van der Waals surface area contributed by atoms with E-state index < -0.39 is 57.6 Å². The van der Waals surface area contributed by atoms with E-state index in [0.717, 1.165) is 64.2 Å². The first kappa shape index (κ1) is 48.2. The van der Waals surface area contributed by atoms with Gasteiger partial charge in [0.1, 0.15) is 12.7 Å². The zero-order chi connectivity index (χ0) is 37.1. The fourth-order valence-corrected chi connectivity index (χ4v) is 6.21. The fourth-order valence-electron chi connectivity index (χ4n) is 5.43. The predicted octanol–water partition coefficient (Wildman–Crippen LogP) is 9.33. The van der Waals surface area contributed by atoms with E-state index in [1.165, 1.54) is 77.0 Å². The van der Waals surface area contributed by atoms with Crippen LogP contribution in [0.3, 0.4) is 0 Å². The van der Waals surface area contributed by atoms with Gasteiger partial charge in [-0.2, -0.15) is 0 Å². The first-order valence-corrected chi connectivity index (χ1v) is 21.2. The van der Waals surface area contributed by atoms with Crippen molar-refractivity contribution in [1.82, 2.24) is 5.32 Å². The number of unbranched alkanes of at least 4 members (excludes halogenated alkanes) is 21. The van der Waals surface area contributed by atoms with Gasteiger partial charge in [0.15, 0.2) is 6.04 Å². The number of allylic oxidation sites excluding steroid dienone is 2. The number of hydrogen-bond acceptors (Lipinski definition) is 8. The van der Waals surface area contributed by atoms with Crippen molar-refractivity contribution in [3.63, 3.8) is 0 Å². The summed E-state index contributed by atoms with van der Waals surface area (Å²) >= 11 is 0. The van der Waals surface area contributed by atoms with Gasteiger partial charge < -0.3 is 25.2 Å². The molecule has 4 N–H and O–H groups in total. The maximum absolute atomic E-state index is 12.2. The Kier molecular flexibility index (Phi) is 33.1. The third-order valence-corrected chi connectivity index (χ3v) is 9.49. The Hall–Kier alpha value is -1.78. The molecule has 0 aromatic heterocycles. The summed E-state index contributed by atoms with van der Waals surface area (Å²) in [6.45, 7) is 2.51. The molecule has 0 aromatic rings. The maximum atomic E-state index is 12.2. The second kappa shape index (κ2) is 34.3. The number of aliphatic hydroxyl groups excluding tert-OH is 1. The summed E-state index contributed by atoms with van der Waals surface area (Å²) < 4.78 is 26.7. The summed E-state index contributed by atoms with van der Waals surface area (Å²) in [7, 11) is -4.74. The van der Waals surface area contributed by atoms with Crippen LogP contribution >= 0.6 is 7.82 Å². The number of aliphatic hydroxyl groups is 1. The molecule has 12 heteroatoms. The molecule has 0 aliphatic rings. The van der Waals surface area contributed by atoms with Crippen LogP contribution in [0, 0.1) is 0 Å². The van der Waals surface area contributed by atoms with Gasteiger partial charge in [0.2, 0.25) is 5.91 Å². The number of carbonyl (C=O) groups excluding carboxylic acids is 2. The fraction of sp³-hybridized carbons (Fsp3) is 0.868. The van der Waals surface area contributed by atoms with Gasteiger partial charge in [0.25, 0.3) is 0 Å². The molecule has 3 atom stereocenters. The normalized spacial score (nSPS) is 14.0. The minimum absolute atomic E-state index is 0.137. The van der Waals surface area contributed by atoms with Crippen LogP contribution in [-0.4, -0.2) is 64.9 Å². The third kappa shape index (κ3) is 33.4. The van der Waals surface area contributed by atoms with Crippen LogP contribution in [0.25, 0.3) is 0 Å². The van der Waals surface area contributed by atoms with Crippen molar-refractivity contribution >= 4 is 25.7 Å². The lowest BCUT2D eigenvalue weighted by molar-refractivity contribution is -0.147. The highest BCUT2D eigenvalue weighted by atomic mass is 31.2. The number of phosphoric ester groups is 1. The number of aliphatic carboxylic acids is 1. The molecule has 1 amide bonds. The zero-order valence-corrected chi connectivity index (χ0v) is 32.4. The summed E-state index contributed by atoms with van der Waals surface area (Å²) in [6.07, 6.45) is 31.1. The van der Waals surface area contributed by atoms with E-state index >= 15 is 0 Å². The minimum Gasteiger partial charge on any atom is -0.480 e. The molecule has 0 aliphatic heterocycles. The van der Waals surface area contributed by atoms with Crippen molar-refractivity contribution in [1.29, 1.82) is 0 Å². The topological polar surface area (TPSA) is 169 Å². The van der Waals surface area contributed by atoms with Gasteiger partial charge in [-0.25, -0.2) is 9.36 Å². The molecular formula is C38H72NO10P. The summed E-state index contributed by atoms with van der Waals surface area (Å²) in [6, 6.07) is -1.54. The van der Waals surface area contributed by atoms with Gasteiger partial charge >= 0.3 is 19.8 Å². The monoisotopic (exact) mass is 733 g/mol. The SMILES string of the molecule is CCC/C=C\CCCCCCCC(=O)NC(COP(=O)(O)OCC(O)COC(=O)CCCCCCCCCCCCCCCCCC)C(=O)O. The number of rotatable bonds is 37. The van der Waals surface area contributed by atoms with Gasteiger partial charge in [0.05, 0.1) is 13.2 Å². The van der Waals surface area contributed by atoms with Crippen molar-refractivity contribution in [3.05, 3.63) is 12.2 Å². The molecule has 0 aromatic carbocycles. The highest BCUT2D eigenvalue weighted by molar-refractivity contribution is 7.47. The van der Waals surface area contributed by atoms with Crippen LogP contribution in [0.4, 0.5) is 0 Å². The Bertz CT molecular complexity index is 916. The molecule has 0 heterocycles. The average molecular weight is 734 g/mol. The van der Waals surface area contributed by atoms with Crippen molar-refractivity contribution in [2.75, 3.05) is 19.8 Å². The Labute approximate surface area is 303 Å². The maximum Gasteiger partial charge on any atom is 0.472 e. The molecule has 3 unspecified atom stereocenters. The van der Waals surface area contributed by atoms with Gasteiger partial charge in [0, 0.05) is 12.8 Å². The van der Waals surface area contributed by atoms with E-state index in [1.807, 2.05) is 0 Å². The van der Waals surface area contributed by atoms with Gasteiger partial charge in [-0.15, -0.1) is 0 Å². The molecule has 11 nitrogen and oxygen atoms in total. The molecule has 0 radical (unpaired) electrons. The third-order valence-electron chi connectivity index (χ3n) is 8.54. The molecule has 0 saturated carbocycles. The molecule has 0 saturated heterocycles. The van der Waals surface area contributed by atoms with Crippen LogP contribution in [-0.2, 0) is 32.7 Å². The lowest BCUT2D eigenvalue weighted by atomic mass is 10.0. The zero-order valence-electron chi connectivity index (χ0n) is 31.5. The molecule has 0 rings (SSSR count). The van der Waals surface area contributed by atoms with E-state index in [4.69, 9.17) is 13.8 Å². The number of esters is 1. The number of carbonyl (C=O) groups is 3. The smallest absolute Gasteiger partial charge is 0.472 e. The number of ether oxygens (including phenoxy) is 1. The van der Waals surface area contributed by atoms with Gasteiger partial charge in [-0.3, -0.25) is 18.6 Å². The molecule has 0 spiro atoms. The molecule has 294 valence electrons. The van der Waals surface area contributed by atoms with Crippen LogP contribution in [0.2, 0.25) is 0 Å². The van der Waals surface area contributed by atoms with Gasteiger partial charge in [-0.1, -0.05) is 148 Å². The highest BCUT2D eigenvalue weighted by Gasteiger charge is 2.28. The van der Waals surface area contributed by atoms with E-state index in [9.17, 15) is 34.1 Å². The molecular weight excluding hydrogens is 661 g/mol. The Morgan fingerprint density at radius 2 is 1.08 bits per heavy atom. The quantitative estimate of drug-likeness (QED) is 0.0209. The van der Waals surface area contributed by atoms with Crippen molar-refractivity contribution < 1.29 is 47.8 Å². The molecule has 50 heavy (non-hydrogen) atoms. The average Bonchev–Trinajstić information content (AvgIpc) is 3.08. The Balaban J connectivity index is 3.90. The standard InChI is InChI=1S/C38H72NO10P/c1-3-5-7-9-11-13-15-16-17-18-19-20-22-24-26-28-30-37(42)47-31-34(40)32-48-50(45,46)49-33-35(38(43)44)39-36(41)29-27-25-23-21-14-12-10-8-6-4-2/h8,10,34-35,40H,3-7,9,11-33H2,1-2H3,(H,39,41)(H,43,44)(H,45,46)/b10-8-. The lowest BCUT2D eigenvalue weighted by Crippen LogP contribution is -2.43. The Morgan fingerprint density at radius 1 is 0.620 bits per heavy atom. The van der Waals surface area contributed by atoms with Gasteiger partial charge in [-0.05, 0) is 32.1 Å². The molecule has 0 aliphatic carbocycles. The van der Waals surface area contributed by atoms with Crippen molar-refractivity contribution in [2.24, 2.45) is 0 Å². The second-order valence-electron chi connectivity index (χ2n) is 13.5. The summed E-state index contributed by atoms with van der Waals surface area (Å²) in [5.41, 5.74) is 0. The molecule has 0 fully saturated rings. The van der Waals surface area contributed by atoms with Crippen molar-refractivity contribution in [3.8, 4) is 0 Å². The van der Waals surface area contributed by atoms with Crippen molar-refractivity contribution in [2.45, 2.75) is 193 Å². The summed E-state index contributed by atoms with van der Waals surface area (Å²) in [5.74, 6) is -2.38. The first-order valence-electron chi connectivity index (χ1n) is 19.7. The van der Waals surface area contributed by atoms with E-state index in [-0.39, 0.29) is 12.8 Å². The van der Waals surface area contributed by atoms with Crippen LogP contribution in [0.1, 0.15) is 181 Å². The lowest BCUT2D eigenvalue weighted by Gasteiger charge is -2.18. The number of hydrogen-bond donors (Lipinski definition) is 4. The van der Waals surface area contributed by atoms with E-state index in [2.05, 4.69) is 31.3 Å². The number of carboxylic acid groups (broad SMARTS) is 1. The summed E-state index contributed by atoms with van der Waals surface area (Å²) in [4.78, 5) is 45.6. The summed E-state index contributed by atoms with van der Waals surface area (Å²) in [5, 5.41) is 21.7. The number of nitrogens with one attached hydrogen (secondary N) is 1. The number of carboxylic acids is 1. The van der Waals surface area contributed by atoms with Crippen LogP contribution < -0.4 is 5.32 Å². The van der Waals surface area contributed by atoms with Crippen LogP contribution in [0.15, 0.2) is 12.2 Å². The first-order chi connectivity index (χ1) is 24.1. The van der Waals surface area contributed by atoms with E-state index in [0.29, 0.717) is 12.8 Å². The minimum atomic E-state index is -4.74. The largest absolute Gasteiger partial charge is 0.480 e. The second-order valence-corrected chi connectivity index (χ2v) is 14.9. The molecule has 0 bridgehead atoms. The number of amides is 1.